The predicted octanol–water partition coefficient (Wildman–Crippen LogP) is 3.85. The van der Waals surface area contributed by atoms with Crippen LogP contribution in [0.1, 0.15) is 6.04 Å². The zero-order valence-electron chi connectivity index (χ0n) is 16.8. The molecule has 7 nitrogen and oxygen atoms in total. The molecule has 32 heavy (non-hydrogen) atoms. The first-order chi connectivity index (χ1) is 15.4. The minimum atomic E-state index is -0.352. The summed E-state index contributed by atoms with van der Waals surface area (Å²) < 4.78 is 1.45. The summed E-state index contributed by atoms with van der Waals surface area (Å²) in [5, 5.41) is 22.9. The van der Waals surface area contributed by atoms with Crippen LogP contribution in [0.25, 0.3) is 32.8 Å². The minimum absolute atomic E-state index is 0.0289. The molecule has 160 valence electrons. The van der Waals surface area contributed by atoms with Crippen LogP contribution in [-0.2, 0) is 4.79 Å². The van der Waals surface area contributed by atoms with Crippen LogP contribution in [0.2, 0.25) is 5.02 Å². The second kappa shape index (κ2) is 7.39. The average Bonchev–Trinajstić information content (AvgIpc) is 2.74. The maximum absolute atomic E-state index is 13.1. The number of rotatable bonds is 3. The van der Waals surface area contributed by atoms with Crippen molar-refractivity contribution in [3.05, 3.63) is 76.8 Å². The van der Waals surface area contributed by atoms with Gasteiger partial charge in [-0.2, -0.15) is 0 Å². The van der Waals surface area contributed by atoms with Crippen molar-refractivity contribution in [3.63, 3.8) is 0 Å². The fraction of sp³-hybridized carbons (Fsp3) is 0.125. The van der Waals surface area contributed by atoms with E-state index >= 15 is 0 Å². The maximum atomic E-state index is 13.1. The van der Waals surface area contributed by atoms with Gasteiger partial charge in [0, 0.05) is 18.7 Å². The topological polar surface area (TPSA) is 95.7 Å². The van der Waals surface area contributed by atoms with Gasteiger partial charge in [0.15, 0.2) is 0 Å². The molecule has 0 bridgehead atoms. The number of likely N-dealkylation sites (tertiary alicyclic amines) is 1. The fourth-order valence-corrected chi connectivity index (χ4v) is 4.53. The molecule has 5 rings (SSSR count). The SMILES string of the molecule is C=CC(=O)N1CC(n2cnc3c(Cl)c(-c4cc(O)cc5ccccc45)c(O)cc3c2=O)C1. The molecule has 0 saturated carbocycles. The van der Waals surface area contributed by atoms with Crippen LogP contribution in [-0.4, -0.2) is 43.7 Å². The van der Waals surface area contributed by atoms with E-state index in [1.165, 1.54) is 29.1 Å². The van der Waals surface area contributed by atoms with E-state index in [-0.39, 0.29) is 44.9 Å². The Bertz CT molecular complexity index is 1490. The lowest BCUT2D eigenvalue weighted by Gasteiger charge is -2.39. The summed E-state index contributed by atoms with van der Waals surface area (Å²) in [5.74, 6) is -0.347. The van der Waals surface area contributed by atoms with Crippen molar-refractivity contribution in [1.82, 2.24) is 14.5 Å². The predicted molar refractivity (Wildman–Crippen MR) is 123 cm³/mol. The first-order valence-corrected chi connectivity index (χ1v) is 10.3. The highest BCUT2D eigenvalue weighted by atomic mass is 35.5. The number of phenolic OH excluding ortho intramolecular Hbond substituents is 2. The highest BCUT2D eigenvalue weighted by molar-refractivity contribution is 6.38. The molecule has 0 atom stereocenters. The maximum Gasteiger partial charge on any atom is 0.261 e. The smallest absolute Gasteiger partial charge is 0.261 e. The Labute approximate surface area is 187 Å². The largest absolute Gasteiger partial charge is 0.508 e. The lowest BCUT2D eigenvalue weighted by molar-refractivity contribution is -0.131. The molecule has 1 aromatic heterocycles. The van der Waals surface area contributed by atoms with Gasteiger partial charge >= 0.3 is 0 Å². The Morgan fingerprint density at radius 1 is 1.16 bits per heavy atom. The Morgan fingerprint density at radius 2 is 1.91 bits per heavy atom. The number of amides is 1. The van der Waals surface area contributed by atoms with Crippen molar-refractivity contribution in [2.24, 2.45) is 0 Å². The summed E-state index contributed by atoms with van der Waals surface area (Å²) in [4.78, 5) is 30.8. The highest BCUT2D eigenvalue weighted by Crippen LogP contribution is 2.44. The molecule has 1 saturated heterocycles. The number of aromatic hydroxyl groups is 2. The second-order valence-electron chi connectivity index (χ2n) is 7.75. The van der Waals surface area contributed by atoms with E-state index in [1.807, 2.05) is 24.3 Å². The molecule has 1 aliphatic rings. The summed E-state index contributed by atoms with van der Waals surface area (Å²) in [6.45, 7) is 4.23. The number of hydrogen-bond donors (Lipinski definition) is 2. The Hall–Kier alpha value is -3.84. The first kappa shape index (κ1) is 20.1. The van der Waals surface area contributed by atoms with Gasteiger partial charge in [0.1, 0.15) is 11.5 Å². The lowest BCUT2D eigenvalue weighted by atomic mass is 9.96. The van der Waals surface area contributed by atoms with Gasteiger partial charge < -0.3 is 15.1 Å². The molecule has 1 fully saturated rings. The van der Waals surface area contributed by atoms with Gasteiger partial charge in [-0.05, 0) is 40.6 Å². The molecule has 0 spiro atoms. The Kier molecular flexibility index (Phi) is 4.64. The van der Waals surface area contributed by atoms with Gasteiger partial charge in [-0.25, -0.2) is 4.98 Å². The standard InChI is InChI=1S/C24H18ClN3O4/c1-2-20(31)27-10-14(11-27)28-12-26-23-18(24(28)32)9-19(30)21(22(23)25)17-8-15(29)7-13-5-3-4-6-16(13)17/h2-9,12,14,29-30H,1,10-11H2. The zero-order valence-corrected chi connectivity index (χ0v) is 17.6. The molecular weight excluding hydrogens is 430 g/mol. The molecule has 1 amide bonds. The molecule has 0 aliphatic carbocycles. The normalized spacial score (nSPS) is 14.0. The van der Waals surface area contributed by atoms with Crippen molar-refractivity contribution < 1.29 is 15.0 Å². The third-order valence-electron chi connectivity index (χ3n) is 5.85. The first-order valence-electron chi connectivity index (χ1n) is 9.95. The van der Waals surface area contributed by atoms with Gasteiger partial charge in [0.25, 0.3) is 5.56 Å². The van der Waals surface area contributed by atoms with Crippen molar-refractivity contribution in [3.8, 4) is 22.6 Å². The fourth-order valence-electron chi connectivity index (χ4n) is 4.19. The number of nitrogens with zero attached hydrogens (tertiary/aromatic N) is 3. The number of aromatic nitrogens is 2. The number of phenols is 2. The van der Waals surface area contributed by atoms with Crippen LogP contribution in [0.4, 0.5) is 0 Å². The number of halogens is 1. The molecule has 1 aliphatic heterocycles. The van der Waals surface area contributed by atoms with E-state index < -0.39 is 0 Å². The van der Waals surface area contributed by atoms with E-state index in [9.17, 15) is 19.8 Å². The summed E-state index contributed by atoms with van der Waals surface area (Å²) in [6.07, 6.45) is 2.65. The third-order valence-corrected chi connectivity index (χ3v) is 6.22. The quantitative estimate of drug-likeness (QED) is 0.465. The molecule has 3 aromatic carbocycles. The molecule has 2 heterocycles. The van der Waals surface area contributed by atoms with Gasteiger partial charge in [-0.1, -0.05) is 42.4 Å². The number of hydrogen-bond acceptors (Lipinski definition) is 5. The van der Waals surface area contributed by atoms with E-state index in [4.69, 9.17) is 11.6 Å². The van der Waals surface area contributed by atoms with Crippen LogP contribution in [0, 0.1) is 0 Å². The molecule has 2 N–H and O–H groups in total. The second-order valence-corrected chi connectivity index (χ2v) is 8.13. The lowest BCUT2D eigenvalue weighted by Crippen LogP contribution is -2.52. The van der Waals surface area contributed by atoms with E-state index in [0.29, 0.717) is 24.2 Å². The Balaban J connectivity index is 1.65. The average molecular weight is 448 g/mol. The van der Waals surface area contributed by atoms with Crippen molar-refractivity contribution in [1.29, 1.82) is 0 Å². The molecular formula is C24H18ClN3O4. The zero-order chi connectivity index (χ0) is 22.6. The highest BCUT2D eigenvalue weighted by Gasteiger charge is 2.32. The van der Waals surface area contributed by atoms with Crippen LogP contribution in [0.15, 0.2) is 66.2 Å². The number of fused-ring (bicyclic) bond motifs is 2. The van der Waals surface area contributed by atoms with Crippen LogP contribution in [0.3, 0.4) is 0 Å². The third kappa shape index (κ3) is 3.01. The molecule has 8 heteroatoms. The van der Waals surface area contributed by atoms with Gasteiger partial charge in [0.2, 0.25) is 5.91 Å². The van der Waals surface area contributed by atoms with Gasteiger partial charge in [0.05, 0.1) is 28.3 Å². The van der Waals surface area contributed by atoms with Crippen LogP contribution >= 0.6 is 11.6 Å². The van der Waals surface area contributed by atoms with E-state index in [1.54, 1.807) is 11.0 Å². The van der Waals surface area contributed by atoms with Crippen LogP contribution in [0.5, 0.6) is 11.5 Å². The molecule has 0 unspecified atom stereocenters. The monoisotopic (exact) mass is 447 g/mol. The van der Waals surface area contributed by atoms with E-state index in [2.05, 4.69) is 11.6 Å². The van der Waals surface area contributed by atoms with Crippen molar-refractivity contribution in [2.75, 3.05) is 13.1 Å². The number of benzene rings is 3. The summed E-state index contributed by atoms with van der Waals surface area (Å²) >= 11 is 6.65. The van der Waals surface area contributed by atoms with Gasteiger partial charge in [-0.3, -0.25) is 14.2 Å². The number of carbonyl (C=O) groups is 1. The van der Waals surface area contributed by atoms with E-state index in [0.717, 1.165) is 10.8 Å². The minimum Gasteiger partial charge on any atom is -0.508 e. The summed E-state index contributed by atoms with van der Waals surface area (Å²) in [7, 11) is 0. The molecule has 0 radical (unpaired) electrons. The van der Waals surface area contributed by atoms with Crippen LogP contribution < -0.4 is 5.56 Å². The summed E-state index contributed by atoms with van der Waals surface area (Å²) in [5.41, 5.74) is 0.734. The summed E-state index contributed by atoms with van der Waals surface area (Å²) in [6, 6.07) is 11.7. The Morgan fingerprint density at radius 3 is 2.66 bits per heavy atom. The number of carbonyl (C=O) groups excluding carboxylic acids is 1. The van der Waals surface area contributed by atoms with Crippen molar-refractivity contribution >= 4 is 39.2 Å². The van der Waals surface area contributed by atoms with Crippen molar-refractivity contribution in [2.45, 2.75) is 6.04 Å². The van der Waals surface area contributed by atoms with Gasteiger partial charge in [-0.15, -0.1) is 0 Å². The molecule has 4 aromatic rings.